The van der Waals surface area contributed by atoms with Crippen LogP contribution in [-0.4, -0.2) is 35.7 Å². The largest absolute Gasteiger partial charge is 0.355 e. The Morgan fingerprint density at radius 2 is 2.04 bits per heavy atom. The van der Waals surface area contributed by atoms with E-state index in [2.05, 4.69) is 16.8 Å². The third kappa shape index (κ3) is 7.07. The Kier molecular flexibility index (Phi) is 9.59. The van der Waals surface area contributed by atoms with Gasteiger partial charge in [-0.1, -0.05) is 12.8 Å². The molecule has 0 aliphatic carbocycles. The van der Waals surface area contributed by atoms with E-state index in [1.54, 1.807) is 35.9 Å². The summed E-state index contributed by atoms with van der Waals surface area (Å²) < 4.78 is 20.4. The molecular formula is C18H25N2O3PS. The molecule has 5 nitrogen and oxygen atoms in total. The summed E-state index contributed by atoms with van der Waals surface area (Å²) in [5.74, 6) is 6.47. The fourth-order valence-corrected chi connectivity index (χ4v) is 5.88. The number of aliphatic imine (C=N–C) groups is 1. The van der Waals surface area contributed by atoms with Crippen LogP contribution in [0.3, 0.4) is 0 Å². The van der Waals surface area contributed by atoms with Crippen LogP contribution in [0.1, 0.15) is 44.5 Å². The lowest BCUT2D eigenvalue weighted by Gasteiger charge is -2.26. The number of ketones is 1. The third-order valence-electron chi connectivity index (χ3n) is 3.10. The van der Waals surface area contributed by atoms with Crippen molar-refractivity contribution in [1.82, 2.24) is 4.67 Å². The van der Waals surface area contributed by atoms with E-state index in [1.807, 2.05) is 13.8 Å². The van der Waals surface area contributed by atoms with Gasteiger partial charge in [0.15, 0.2) is 5.78 Å². The van der Waals surface area contributed by atoms with Gasteiger partial charge >= 0.3 is 6.72 Å². The van der Waals surface area contributed by atoms with Gasteiger partial charge in [-0.15, -0.1) is 5.92 Å². The molecule has 1 aromatic rings. The first-order chi connectivity index (χ1) is 12.0. The number of nitrogens with zero attached hydrogens (tertiary/aromatic N) is 2. The van der Waals surface area contributed by atoms with Crippen molar-refractivity contribution in [3.8, 4) is 11.8 Å². The standard InChI is InChI=1S/C18H25N2O3PS/c1-5-8-13-20(24(22,23-7-3)25-14-6-2)15-19-18-11-9-17(10-12-18)16(4)21/h9-12,15H,6-7,13-14H2,1-4H3. The molecule has 1 atom stereocenters. The van der Waals surface area contributed by atoms with Crippen molar-refractivity contribution in [2.24, 2.45) is 4.99 Å². The molecule has 25 heavy (non-hydrogen) atoms. The van der Waals surface area contributed by atoms with Crippen LogP contribution in [-0.2, 0) is 9.09 Å². The van der Waals surface area contributed by atoms with E-state index in [-0.39, 0.29) is 12.3 Å². The minimum atomic E-state index is -3.09. The second-order valence-corrected chi connectivity index (χ2v) is 9.63. The maximum absolute atomic E-state index is 13.2. The van der Waals surface area contributed by atoms with Crippen molar-refractivity contribution in [2.75, 3.05) is 18.9 Å². The lowest BCUT2D eigenvalue weighted by Crippen LogP contribution is -2.19. The highest BCUT2D eigenvalue weighted by Crippen LogP contribution is 2.61. The first kappa shape index (κ1) is 21.5. The van der Waals surface area contributed by atoms with Gasteiger partial charge in [0, 0.05) is 11.3 Å². The van der Waals surface area contributed by atoms with E-state index in [0.29, 0.717) is 17.9 Å². The Morgan fingerprint density at radius 3 is 2.56 bits per heavy atom. The second-order valence-electron chi connectivity index (χ2n) is 5.09. The molecule has 136 valence electrons. The Labute approximate surface area is 154 Å². The summed E-state index contributed by atoms with van der Waals surface area (Å²) in [6.07, 6.45) is 2.42. The first-order valence-corrected chi connectivity index (χ1v) is 11.3. The zero-order valence-corrected chi connectivity index (χ0v) is 16.9. The van der Waals surface area contributed by atoms with Gasteiger partial charge < -0.3 is 4.52 Å². The minimum Gasteiger partial charge on any atom is -0.306 e. The lowest BCUT2D eigenvalue weighted by atomic mass is 10.1. The summed E-state index contributed by atoms with van der Waals surface area (Å²) in [4.78, 5) is 15.7. The quantitative estimate of drug-likeness (QED) is 0.184. The van der Waals surface area contributed by atoms with Crippen molar-refractivity contribution in [2.45, 2.75) is 34.1 Å². The van der Waals surface area contributed by atoms with Gasteiger partial charge in [0.2, 0.25) is 0 Å². The predicted octanol–water partition coefficient (Wildman–Crippen LogP) is 5.16. The molecule has 7 heteroatoms. The van der Waals surface area contributed by atoms with E-state index < -0.39 is 6.72 Å². The summed E-state index contributed by atoms with van der Waals surface area (Å²) in [6, 6.07) is 6.95. The van der Waals surface area contributed by atoms with Crippen molar-refractivity contribution < 1.29 is 13.9 Å². The molecule has 0 aliphatic heterocycles. The molecule has 0 radical (unpaired) electrons. The normalized spacial score (nSPS) is 13.1. The van der Waals surface area contributed by atoms with Crippen LogP contribution >= 0.6 is 18.1 Å². The van der Waals surface area contributed by atoms with E-state index in [9.17, 15) is 9.36 Å². The first-order valence-electron chi connectivity index (χ1n) is 8.17. The van der Waals surface area contributed by atoms with Crippen LogP contribution in [0.4, 0.5) is 5.69 Å². The van der Waals surface area contributed by atoms with Crippen LogP contribution in [0.2, 0.25) is 0 Å². The van der Waals surface area contributed by atoms with Gasteiger partial charge in [0.25, 0.3) is 0 Å². The average molecular weight is 380 g/mol. The van der Waals surface area contributed by atoms with Gasteiger partial charge in [0.05, 0.1) is 25.2 Å². The smallest absolute Gasteiger partial charge is 0.306 e. The molecule has 1 aromatic carbocycles. The fourth-order valence-electron chi connectivity index (χ4n) is 1.82. The van der Waals surface area contributed by atoms with Crippen LogP contribution < -0.4 is 0 Å². The molecule has 1 rings (SSSR count). The van der Waals surface area contributed by atoms with Gasteiger partial charge in [0.1, 0.15) is 0 Å². The topological polar surface area (TPSA) is 59.0 Å². The maximum atomic E-state index is 13.2. The number of Topliss-reactive ketones (excluding diaryl/α,β-unsaturated/α-hetero) is 1. The van der Waals surface area contributed by atoms with Crippen LogP contribution in [0.15, 0.2) is 29.3 Å². The van der Waals surface area contributed by atoms with Crippen molar-refractivity contribution >= 4 is 35.9 Å². The minimum absolute atomic E-state index is 0.00666. The summed E-state index contributed by atoms with van der Waals surface area (Å²) in [7, 11) is 0. The van der Waals surface area contributed by atoms with Crippen LogP contribution in [0, 0.1) is 11.8 Å². The SMILES string of the molecule is CC#CCN(C=Nc1ccc(C(C)=O)cc1)P(=O)(OCC)SCCC. The van der Waals surface area contributed by atoms with E-state index >= 15 is 0 Å². The highest BCUT2D eigenvalue weighted by molar-refractivity contribution is 8.55. The average Bonchev–Trinajstić information content (AvgIpc) is 2.60. The molecule has 0 amide bonds. The number of benzene rings is 1. The highest BCUT2D eigenvalue weighted by atomic mass is 32.7. The molecular weight excluding hydrogens is 355 g/mol. The van der Waals surface area contributed by atoms with E-state index in [1.165, 1.54) is 24.6 Å². The molecule has 0 aromatic heterocycles. The number of hydrogen-bond acceptors (Lipinski definition) is 5. The maximum Gasteiger partial charge on any atom is 0.355 e. The second kappa shape index (κ2) is 11.1. The third-order valence-corrected chi connectivity index (χ3v) is 7.94. The monoisotopic (exact) mass is 380 g/mol. The molecule has 0 saturated carbocycles. The zero-order chi connectivity index (χ0) is 18.7. The van der Waals surface area contributed by atoms with Gasteiger partial charge in [-0.3, -0.25) is 14.0 Å². The summed E-state index contributed by atoms with van der Waals surface area (Å²) >= 11 is 1.30. The number of hydrogen-bond donors (Lipinski definition) is 0. The number of rotatable bonds is 10. The lowest BCUT2D eigenvalue weighted by molar-refractivity contribution is 0.101. The van der Waals surface area contributed by atoms with Crippen LogP contribution in [0.25, 0.3) is 0 Å². The molecule has 0 heterocycles. The molecule has 0 spiro atoms. The summed E-state index contributed by atoms with van der Waals surface area (Å²) in [5, 5.41) is 0. The Morgan fingerprint density at radius 1 is 1.36 bits per heavy atom. The number of carbonyl (C=O) groups is 1. The number of carbonyl (C=O) groups excluding carboxylic acids is 1. The van der Waals surface area contributed by atoms with E-state index in [0.717, 1.165) is 12.2 Å². The summed E-state index contributed by atoms with van der Waals surface area (Å²) in [6.45, 7) is 4.64. The fraction of sp³-hybridized carbons (Fsp3) is 0.444. The molecule has 0 fully saturated rings. The molecule has 1 unspecified atom stereocenters. The molecule has 0 bridgehead atoms. The van der Waals surface area contributed by atoms with Crippen molar-refractivity contribution in [3.05, 3.63) is 29.8 Å². The Bertz CT molecular complexity index is 693. The molecule has 0 saturated heterocycles. The zero-order valence-electron chi connectivity index (χ0n) is 15.2. The van der Waals surface area contributed by atoms with Gasteiger partial charge in [-0.2, -0.15) is 0 Å². The van der Waals surface area contributed by atoms with Crippen molar-refractivity contribution in [1.29, 1.82) is 0 Å². The Balaban J connectivity index is 3.04. The van der Waals surface area contributed by atoms with E-state index in [4.69, 9.17) is 4.52 Å². The molecule has 0 aliphatic rings. The summed E-state index contributed by atoms with van der Waals surface area (Å²) in [5.41, 5.74) is 1.30. The Hall–Kier alpha value is -1.54. The molecule has 0 N–H and O–H groups in total. The van der Waals surface area contributed by atoms with Gasteiger partial charge in [-0.25, -0.2) is 4.99 Å². The van der Waals surface area contributed by atoms with Crippen molar-refractivity contribution in [3.63, 3.8) is 0 Å². The van der Waals surface area contributed by atoms with Crippen LogP contribution in [0.5, 0.6) is 0 Å². The predicted molar refractivity (Wildman–Crippen MR) is 107 cm³/mol. The van der Waals surface area contributed by atoms with Gasteiger partial charge in [-0.05, 0) is 62.8 Å². The highest BCUT2D eigenvalue weighted by Gasteiger charge is 2.30.